The molecule has 2 nitrogen and oxygen atoms in total. The Morgan fingerprint density at radius 2 is 2.36 bits per heavy atom. The van der Waals surface area contributed by atoms with Crippen LogP contribution >= 0.6 is 12.6 Å². The van der Waals surface area contributed by atoms with E-state index in [1.54, 1.807) is 6.08 Å². The number of hydrogen-bond acceptors (Lipinski definition) is 3. The molecule has 0 saturated carbocycles. The fourth-order valence-electron chi connectivity index (χ4n) is 0.543. The summed E-state index contributed by atoms with van der Waals surface area (Å²) >= 11 is 3.99. The molecule has 0 aromatic rings. The molecule has 0 aliphatic rings. The van der Waals surface area contributed by atoms with Crippen LogP contribution in [0.4, 0.5) is 0 Å². The summed E-state index contributed by atoms with van der Waals surface area (Å²) in [5.41, 5.74) is 0. The molecular weight excluding hydrogens is 160 g/mol. The van der Waals surface area contributed by atoms with Gasteiger partial charge in [-0.1, -0.05) is 6.08 Å². The smallest absolute Gasteiger partial charge is 0.306 e. The third kappa shape index (κ3) is 7.46. The van der Waals surface area contributed by atoms with Crippen molar-refractivity contribution < 1.29 is 9.53 Å². The van der Waals surface area contributed by atoms with Crippen molar-refractivity contribution in [2.24, 2.45) is 0 Å². The number of carbonyl (C=O) groups is 1. The van der Waals surface area contributed by atoms with Gasteiger partial charge >= 0.3 is 5.97 Å². The van der Waals surface area contributed by atoms with Crippen molar-refractivity contribution >= 4 is 18.6 Å². The van der Waals surface area contributed by atoms with Gasteiger partial charge in [-0.25, -0.2) is 0 Å². The van der Waals surface area contributed by atoms with Crippen LogP contribution < -0.4 is 0 Å². The van der Waals surface area contributed by atoms with E-state index < -0.39 is 0 Å². The second-order valence-electron chi connectivity index (χ2n) is 2.12. The summed E-state index contributed by atoms with van der Waals surface area (Å²) < 4.78 is 4.85. The Morgan fingerprint density at radius 3 is 2.91 bits per heavy atom. The van der Waals surface area contributed by atoms with E-state index >= 15 is 0 Å². The van der Waals surface area contributed by atoms with Crippen LogP contribution in [-0.2, 0) is 9.53 Å². The van der Waals surface area contributed by atoms with E-state index in [1.165, 1.54) is 0 Å². The number of ether oxygens (including phenoxy) is 1. The van der Waals surface area contributed by atoms with Crippen molar-refractivity contribution in [3.05, 3.63) is 12.7 Å². The van der Waals surface area contributed by atoms with Crippen molar-refractivity contribution in [2.75, 3.05) is 12.4 Å². The predicted molar refractivity (Wildman–Crippen MR) is 48.9 cm³/mol. The molecule has 0 atom stereocenters. The first-order chi connectivity index (χ1) is 5.31. The van der Waals surface area contributed by atoms with Gasteiger partial charge in [-0.3, -0.25) is 4.79 Å². The number of thiol groups is 1. The first-order valence-electron chi connectivity index (χ1n) is 3.68. The highest BCUT2D eigenvalue weighted by Gasteiger charge is 1.98. The zero-order valence-electron chi connectivity index (χ0n) is 6.58. The Kier molecular flexibility index (Phi) is 7.36. The van der Waals surface area contributed by atoms with Crippen LogP contribution in [0, 0.1) is 0 Å². The molecule has 0 radical (unpaired) electrons. The van der Waals surface area contributed by atoms with E-state index in [1.807, 2.05) is 0 Å². The van der Waals surface area contributed by atoms with Gasteiger partial charge in [0.15, 0.2) is 0 Å². The average Bonchev–Trinajstić information content (AvgIpc) is 2.01. The zero-order valence-corrected chi connectivity index (χ0v) is 7.48. The monoisotopic (exact) mass is 174 g/mol. The van der Waals surface area contributed by atoms with Crippen LogP contribution in [-0.4, -0.2) is 18.3 Å². The molecule has 0 fully saturated rings. The van der Waals surface area contributed by atoms with E-state index in [-0.39, 0.29) is 5.97 Å². The van der Waals surface area contributed by atoms with Crippen LogP contribution in [0.1, 0.15) is 19.3 Å². The first kappa shape index (κ1) is 10.6. The van der Waals surface area contributed by atoms with E-state index in [0.29, 0.717) is 19.4 Å². The molecule has 0 aliphatic heterocycles. The summed E-state index contributed by atoms with van der Waals surface area (Å²) in [6.07, 6.45) is 3.67. The maximum atomic E-state index is 10.8. The molecule has 0 aliphatic carbocycles. The third-order valence-electron chi connectivity index (χ3n) is 1.12. The number of rotatable bonds is 6. The van der Waals surface area contributed by atoms with Gasteiger partial charge in [-0.05, 0) is 18.6 Å². The second kappa shape index (κ2) is 7.66. The molecule has 0 aromatic carbocycles. The van der Waals surface area contributed by atoms with E-state index in [9.17, 15) is 4.79 Å². The van der Waals surface area contributed by atoms with Crippen molar-refractivity contribution in [1.29, 1.82) is 0 Å². The molecule has 3 heteroatoms. The molecule has 0 amide bonds. The number of carbonyl (C=O) groups excluding carboxylic acids is 1. The lowest BCUT2D eigenvalue weighted by Gasteiger charge is -2.00. The highest BCUT2D eigenvalue weighted by molar-refractivity contribution is 7.80. The van der Waals surface area contributed by atoms with Gasteiger partial charge in [0.05, 0.1) is 6.61 Å². The number of hydrogen-bond donors (Lipinski definition) is 1. The summed E-state index contributed by atoms with van der Waals surface area (Å²) in [5.74, 6) is 0.612. The van der Waals surface area contributed by atoms with E-state index in [0.717, 1.165) is 12.2 Å². The summed E-state index contributed by atoms with van der Waals surface area (Å²) in [7, 11) is 0. The van der Waals surface area contributed by atoms with Crippen LogP contribution in [0.5, 0.6) is 0 Å². The fraction of sp³-hybridized carbons (Fsp3) is 0.625. The minimum Gasteiger partial charge on any atom is -0.466 e. The summed E-state index contributed by atoms with van der Waals surface area (Å²) in [6, 6.07) is 0. The Labute approximate surface area is 73.0 Å². The minimum absolute atomic E-state index is 0.147. The highest BCUT2D eigenvalue weighted by Crippen LogP contribution is 1.94. The fourth-order valence-corrected chi connectivity index (χ4v) is 0.672. The maximum Gasteiger partial charge on any atom is 0.306 e. The molecule has 0 aromatic heterocycles. The van der Waals surface area contributed by atoms with Crippen LogP contribution in [0.25, 0.3) is 0 Å². The molecular formula is C8H14O2S. The maximum absolute atomic E-state index is 10.8. The summed E-state index contributed by atoms with van der Waals surface area (Å²) in [5, 5.41) is 0. The van der Waals surface area contributed by atoms with E-state index in [4.69, 9.17) is 4.74 Å². The summed E-state index contributed by atoms with van der Waals surface area (Å²) in [6.45, 7) is 3.99. The average molecular weight is 174 g/mol. The lowest BCUT2D eigenvalue weighted by Crippen LogP contribution is -2.05. The molecule has 0 spiro atoms. The third-order valence-corrected chi connectivity index (χ3v) is 1.43. The minimum atomic E-state index is -0.147. The lowest BCUT2D eigenvalue weighted by atomic mass is 10.3. The van der Waals surface area contributed by atoms with E-state index in [2.05, 4.69) is 19.2 Å². The molecule has 0 heterocycles. The zero-order chi connectivity index (χ0) is 8.53. The van der Waals surface area contributed by atoms with Gasteiger partial charge in [-0.15, -0.1) is 6.58 Å². The Balaban J connectivity index is 3.15. The SMILES string of the molecule is C=CCCC(=O)OCCCS. The number of allylic oxidation sites excluding steroid dienone is 1. The molecule has 0 rings (SSSR count). The van der Waals surface area contributed by atoms with Crippen LogP contribution in [0.15, 0.2) is 12.7 Å². The molecule has 0 unspecified atom stereocenters. The second-order valence-corrected chi connectivity index (χ2v) is 2.57. The first-order valence-corrected chi connectivity index (χ1v) is 4.32. The van der Waals surface area contributed by atoms with Gasteiger partial charge in [-0.2, -0.15) is 12.6 Å². The molecule has 64 valence electrons. The van der Waals surface area contributed by atoms with Crippen molar-refractivity contribution in [2.45, 2.75) is 19.3 Å². The van der Waals surface area contributed by atoms with Crippen molar-refractivity contribution in [1.82, 2.24) is 0 Å². The Morgan fingerprint density at radius 1 is 1.64 bits per heavy atom. The molecule has 11 heavy (non-hydrogen) atoms. The topological polar surface area (TPSA) is 26.3 Å². The quantitative estimate of drug-likeness (QED) is 0.288. The van der Waals surface area contributed by atoms with Crippen molar-refractivity contribution in [3.8, 4) is 0 Å². The van der Waals surface area contributed by atoms with Gasteiger partial charge in [0, 0.05) is 6.42 Å². The lowest BCUT2D eigenvalue weighted by molar-refractivity contribution is -0.143. The van der Waals surface area contributed by atoms with Crippen LogP contribution in [0.3, 0.4) is 0 Å². The molecule has 0 bridgehead atoms. The number of esters is 1. The Bertz CT molecular complexity index is 123. The Hall–Kier alpha value is -0.440. The predicted octanol–water partition coefficient (Wildman–Crippen LogP) is 1.82. The van der Waals surface area contributed by atoms with Gasteiger partial charge in [0.25, 0.3) is 0 Å². The van der Waals surface area contributed by atoms with Gasteiger partial charge in [0.1, 0.15) is 0 Å². The van der Waals surface area contributed by atoms with Crippen LogP contribution in [0.2, 0.25) is 0 Å². The molecule has 0 N–H and O–H groups in total. The highest BCUT2D eigenvalue weighted by atomic mass is 32.1. The van der Waals surface area contributed by atoms with Gasteiger partial charge in [0.2, 0.25) is 0 Å². The molecule has 0 saturated heterocycles. The largest absolute Gasteiger partial charge is 0.466 e. The normalized spacial score (nSPS) is 9.18. The summed E-state index contributed by atoms with van der Waals surface area (Å²) in [4.78, 5) is 10.8. The standard InChI is InChI=1S/C8H14O2S/c1-2-3-5-8(9)10-6-4-7-11/h2,11H,1,3-7H2. The van der Waals surface area contributed by atoms with Crippen molar-refractivity contribution in [3.63, 3.8) is 0 Å². The van der Waals surface area contributed by atoms with Gasteiger partial charge < -0.3 is 4.74 Å².